The monoisotopic (exact) mass is 217 g/mol. The van der Waals surface area contributed by atoms with Gasteiger partial charge in [-0.05, 0) is 19.5 Å². The molecule has 4 nitrogen and oxygen atoms in total. The second-order valence-electron chi connectivity index (χ2n) is 3.80. The van der Waals surface area contributed by atoms with Crippen molar-refractivity contribution in [3.8, 4) is 0 Å². The van der Waals surface area contributed by atoms with Crippen LogP contribution in [-0.4, -0.2) is 17.2 Å². The Balaban J connectivity index is 2.05. The summed E-state index contributed by atoms with van der Waals surface area (Å²) < 4.78 is 5.08. The number of hydrogen-bond acceptors (Lipinski definition) is 4. The molecule has 0 aliphatic heterocycles. The van der Waals surface area contributed by atoms with Crippen LogP contribution in [0, 0.1) is 6.92 Å². The van der Waals surface area contributed by atoms with Gasteiger partial charge in [-0.1, -0.05) is 35.0 Å². The van der Waals surface area contributed by atoms with Crippen LogP contribution in [0.3, 0.4) is 0 Å². The Labute approximate surface area is 94.7 Å². The smallest absolute Gasteiger partial charge is 0.240 e. The molecule has 0 aliphatic rings. The highest BCUT2D eigenvalue weighted by atomic mass is 16.5. The van der Waals surface area contributed by atoms with Gasteiger partial charge in [0.15, 0.2) is 5.82 Å². The number of aromatic nitrogens is 2. The fourth-order valence-electron chi connectivity index (χ4n) is 1.47. The summed E-state index contributed by atoms with van der Waals surface area (Å²) in [5.74, 6) is 1.36. The molecule has 0 saturated heterocycles. The highest BCUT2D eigenvalue weighted by molar-refractivity contribution is 5.23. The van der Waals surface area contributed by atoms with E-state index < -0.39 is 0 Å². The maximum absolute atomic E-state index is 5.08. The normalized spacial score (nSPS) is 10.6. The molecular formula is C12H15N3O. The minimum atomic E-state index is 0.612. The van der Waals surface area contributed by atoms with E-state index >= 15 is 0 Å². The van der Waals surface area contributed by atoms with E-state index in [0.717, 1.165) is 5.82 Å². The van der Waals surface area contributed by atoms with Gasteiger partial charge in [0.25, 0.3) is 0 Å². The van der Waals surface area contributed by atoms with Gasteiger partial charge in [0.2, 0.25) is 5.89 Å². The number of hydrogen-bond donors (Lipinski definition) is 1. The molecule has 0 fully saturated rings. The number of nitrogens with one attached hydrogen (secondary N) is 1. The van der Waals surface area contributed by atoms with Gasteiger partial charge in [-0.25, -0.2) is 0 Å². The lowest BCUT2D eigenvalue weighted by Gasteiger charge is -1.97. The molecule has 0 radical (unpaired) electrons. The molecule has 0 unspecified atom stereocenters. The van der Waals surface area contributed by atoms with Crippen molar-refractivity contribution in [3.05, 3.63) is 47.1 Å². The first-order valence-corrected chi connectivity index (χ1v) is 5.29. The predicted molar refractivity (Wildman–Crippen MR) is 61.0 cm³/mol. The zero-order valence-electron chi connectivity index (χ0n) is 9.53. The summed E-state index contributed by atoms with van der Waals surface area (Å²) in [4.78, 5) is 4.28. The summed E-state index contributed by atoms with van der Waals surface area (Å²) in [5, 5.41) is 6.90. The van der Waals surface area contributed by atoms with Crippen molar-refractivity contribution in [2.45, 2.75) is 19.9 Å². The molecule has 0 aliphatic carbocycles. The summed E-state index contributed by atoms with van der Waals surface area (Å²) in [6.07, 6.45) is 0.716. The maximum Gasteiger partial charge on any atom is 0.240 e. The summed E-state index contributed by atoms with van der Waals surface area (Å²) in [5.41, 5.74) is 2.45. The second-order valence-corrected chi connectivity index (χ2v) is 3.80. The first-order chi connectivity index (χ1) is 7.78. The van der Waals surface area contributed by atoms with E-state index in [9.17, 15) is 0 Å². The zero-order valence-corrected chi connectivity index (χ0v) is 9.53. The topological polar surface area (TPSA) is 51.0 Å². The molecule has 84 valence electrons. The molecule has 1 N–H and O–H groups in total. The van der Waals surface area contributed by atoms with Crippen molar-refractivity contribution in [2.75, 3.05) is 7.05 Å². The quantitative estimate of drug-likeness (QED) is 0.846. The third-order valence-corrected chi connectivity index (χ3v) is 2.32. The van der Waals surface area contributed by atoms with Gasteiger partial charge in [-0.3, -0.25) is 0 Å². The number of aryl methyl sites for hydroxylation is 1. The van der Waals surface area contributed by atoms with Crippen LogP contribution < -0.4 is 5.32 Å². The Morgan fingerprint density at radius 3 is 2.69 bits per heavy atom. The Hall–Kier alpha value is -1.68. The standard InChI is InChI=1S/C12H15N3O/c1-9-3-5-10(6-4-9)7-11-14-12(8-13-2)16-15-11/h3-6,13H,7-8H2,1-2H3. The van der Waals surface area contributed by atoms with E-state index in [0.29, 0.717) is 18.9 Å². The average molecular weight is 217 g/mol. The molecular weight excluding hydrogens is 202 g/mol. The predicted octanol–water partition coefficient (Wildman–Crippen LogP) is 1.69. The van der Waals surface area contributed by atoms with Crippen molar-refractivity contribution in [3.63, 3.8) is 0 Å². The molecule has 2 aromatic rings. The van der Waals surface area contributed by atoms with E-state index in [1.807, 2.05) is 7.05 Å². The van der Waals surface area contributed by atoms with Crippen LogP contribution in [0.5, 0.6) is 0 Å². The maximum atomic E-state index is 5.08. The van der Waals surface area contributed by atoms with E-state index in [2.05, 4.69) is 46.6 Å². The third-order valence-electron chi connectivity index (χ3n) is 2.32. The molecule has 0 amide bonds. The number of rotatable bonds is 4. The summed E-state index contributed by atoms with van der Waals surface area (Å²) in [6.45, 7) is 2.68. The lowest BCUT2D eigenvalue weighted by Crippen LogP contribution is -2.05. The first kappa shape index (κ1) is 10.8. The van der Waals surface area contributed by atoms with Gasteiger partial charge in [0, 0.05) is 6.42 Å². The largest absolute Gasteiger partial charge is 0.338 e. The van der Waals surface area contributed by atoms with E-state index in [1.165, 1.54) is 11.1 Å². The second kappa shape index (κ2) is 4.90. The lowest BCUT2D eigenvalue weighted by atomic mass is 10.1. The molecule has 16 heavy (non-hydrogen) atoms. The summed E-state index contributed by atoms with van der Waals surface area (Å²) in [6, 6.07) is 8.35. The number of benzene rings is 1. The first-order valence-electron chi connectivity index (χ1n) is 5.29. The van der Waals surface area contributed by atoms with Crippen LogP contribution >= 0.6 is 0 Å². The number of nitrogens with zero attached hydrogens (tertiary/aromatic N) is 2. The lowest BCUT2D eigenvalue weighted by molar-refractivity contribution is 0.367. The van der Waals surface area contributed by atoms with Gasteiger partial charge >= 0.3 is 0 Å². The molecule has 0 bridgehead atoms. The van der Waals surface area contributed by atoms with Crippen LogP contribution in [-0.2, 0) is 13.0 Å². The van der Waals surface area contributed by atoms with Crippen LogP contribution in [0.2, 0.25) is 0 Å². The summed E-state index contributed by atoms with van der Waals surface area (Å²) >= 11 is 0. The van der Waals surface area contributed by atoms with Crippen molar-refractivity contribution in [1.29, 1.82) is 0 Å². The highest BCUT2D eigenvalue weighted by Gasteiger charge is 2.05. The molecule has 0 spiro atoms. The molecule has 0 atom stereocenters. The van der Waals surface area contributed by atoms with Crippen LogP contribution in [0.15, 0.2) is 28.8 Å². The minimum absolute atomic E-state index is 0.612. The van der Waals surface area contributed by atoms with E-state index in [1.54, 1.807) is 0 Å². The Morgan fingerprint density at radius 2 is 2.00 bits per heavy atom. The van der Waals surface area contributed by atoms with Crippen molar-refractivity contribution in [2.24, 2.45) is 0 Å². The molecule has 1 heterocycles. The molecule has 1 aromatic heterocycles. The Bertz CT molecular complexity index is 448. The van der Waals surface area contributed by atoms with Crippen molar-refractivity contribution < 1.29 is 4.52 Å². The van der Waals surface area contributed by atoms with Crippen LogP contribution in [0.4, 0.5) is 0 Å². The fraction of sp³-hybridized carbons (Fsp3) is 0.333. The van der Waals surface area contributed by atoms with Crippen molar-refractivity contribution >= 4 is 0 Å². The van der Waals surface area contributed by atoms with Gasteiger partial charge in [-0.15, -0.1) is 0 Å². The van der Waals surface area contributed by atoms with Gasteiger partial charge in [0.1, 0.15) is 0 Å². The fourth-order valence-corrected chi connectivity index (χ4v) is 1.47. The molecule has 2 rings (SSSR count). The minimum Gasteiger partial charge on any atom is -0.338 e. The van der Waals surface area contributed by atoms with Crippen LogP contribution in [0.1, 0.15) is 22.8 Å². The summed E-state index contributed by atoms with van der Waals surface area (Å²) in [7, 11) is 1.85. The molecule has 1 aromatic carbocycles. The average Bonchev–Trinajstić information content (AvgIpc) is 2.70. The van der Waals surface area contributed by atoms with Gasteiger partial charge < -0.3 is 9.84 Å². The Kier molecular flexibility index (Phi) is 3.31. The zero-order chi connectivity index (χ0) is 11.4. The van der Waals surface area contributed by atoms with E-state index in [-0.39, 0.29) is 0 Å². The van der Waals surface area contributed by atoms with Crippen LogP contribution in [0.25, 0.3) is 0 Å². The highest BCUT2D eigenvalue weighted by Crippen LogP contribution is 2.08. The molecule has 0 saturated carbocycles. The van der Waals surface area contributed by atoms with Gasteiger partial charge in [0.05, 0.1) is 6.54 Å². The SMILES string of the molecule is CNCc1nc(Cc2ccc(C)cc2)no1. The Morgan fingerprint density at radius 1 is 1.25 bits per heavy atom. The molecule has 4 heteroatoms. The van der Waals surface area contributed by atoms with Crippen molar-refractivity contribution in [1.82, 2.24) is 15.5 Å². The third kappa shape index (κ3) is 2.67. The van der Waals surface area contributed by atoms with Gasteiger partial charge in [-0.2, -0.15) is 4.98 Å². The van der Waals surface area contributed by atoms with E-state index in [4.69, 9.17) is 4.52 Å².